The number of aromatic nitrogens is 4. The van der Waals surface area contributed by atoms with Crippen LogP contribution in [0.1, 0.15) is 5.89 Å². The van der Waals surface area contributed by atoms with Crippen molar-refractivity contribution in [3.63, 3.8) is 0 Å². The van der Waals surface area contributed by atoms with E-state index in [-0.39, 0.29) is 18.0 Å². The van der Waals surface area contributed by atoms with Crippen molar-refractivity contribution >= 4 is 11.6 Å². The van der Waals surface area contributed by atoms with Crippen LogP contribution in [0.4, 0.5) is 0 Å². The predicted octanol–water partition coefficient (Wildman–Crippen LogP) is 3.67. The largest absolute Gasteiger partial charge is 0.497 e. The van der Waals surface area contributed by atoms with Gasteiger partial charge >= 0.3 is 0 Å². The fraction of sp³-hybridized carbons (Fsp3) is 0.100. The maximum atomic E-state index is 12.2. The lowest BCUT2D eigenvalue weighted by atomic mass is 10.1. The molecule has 2 aromatic carbocycles. The third-order valence-corrected chi connectivity index (χ3v) is 4.32. The number of rotatable bonds is 5. The van der Waals surface area contributed by atoms with Crippen LogP contribution in [-0.2, 0) is 6.54 Å². The number of nitrogens with zero attached hydrogens (tertiary/aromatic N) is 4. The number of hydrogen-bond acceptors (Lipinski definition) is 6. The van der Waals surface area contributed by atoms with Gasteiger partial charge in [-0.05, 0) is 42.5 Å². The van der Waals surface area contributed by atoms with E-state index in [2.05, 4.69) is 15.2 Å². The van der Waals surface area contributed by atoms with Gasteiger partial charge in [-0.25, -0.2) is 4.68 Å². The fourth-order valence-corrected chi connectivity index (χ4v) is 2.86. The highest BCUT2D eigenvalue weighted by molar-refractivity contribution is 6.30. The second-order valence-electron chi connectivity index (χ2n) is 5.97. The molecule has 4 rings (SSSR count). The highest BCUT2D eigenvalue weighted by atomic mass is 35.5. The molecule has 0 unspecified atom stereocenters. The number of halogens is 1. The first-order valence-corrected chi connectivity index (χ1v) is 8.81. The molecule has 0 fully saturated rings. The minimum Gasteiger partial charge on any atom is -0.497 e. The van der Waals surface area contributed by atoms with Gasteiger partial charge in [-0.3, -0.25) is 4.79 Å². The molecule has 0 atom stereocenters. The van der Waals surface area contributed by atoms with Crippen LogP contribution in [0.25, 0.3) is 22.6 Å². The molecule has 4 aromatic rings. The van der Waals surface area contributed by atoms with Gasteiger partial charge < -0.3 is 9.26 Å². The molecule has 0 saturated heterocycles. The molecule has 28 heavy (non-hydrogen) atoms. The summed E-state index contributed by atoms with van der Waals surface area (Å²) in [7, 11) is 1.61. The van der Waals surface area contributed by atoms with Crippen molar-refractivity contribution in [2.24, 2.45) is 0 Å². The first-order chi connectivity index (χ1) is 13.6. The minimum atomic E-state index is -0.264. The van der Waals surface area contributed by atoms with Crippen LogP contribution >= 0.6 is 11.6 Å². The molecule has 0 spiro atoms. The summed E-state index contributed by atoms with van der Waals surface area (Å²) in [6.45, 7) is 0.0659. The Morgan fingerprint density at radius 1 is 1.07 bits per heavy atom. The van der Waals surface area contributed by atoms with Crippen molar-refractivity contribution in [2.45, 2.75) is 6.54 Å². The van der Waals surface area contributed by atoms with Gasteiger partial charge in [0.2, 0.25) is 11.7 Å². The second-order valence-corrected chi connectivity index (χ2v) is 6.40. The topological polar surface area (TPSA) is 83.0 Å². The molecule has 0 aliphatic heterocycles. The minimum absolute atomic E-state index is 0.0659. The van der Waals surface area contributed by atoms with Gasteiger partial charge in [0.1, 0.15) is 12.3 Å². The van der Waals surface area contributed by atoms with Crippen molar-refractivity contribution in [1.82, 2.24) is 19.9 Å². The van der Waals surface area contributed by atoms with E-state index in [4.69, 9.17) is 20.9 Å². The molecule has 8 heteroatoms. The normalized spacial score (nSPS) is 10.8. The molecule has 0 amide bonds. The highest BCUT2D eigenvalue weighted by Crippen LogP contribution is 2.21. The third kappa shape index (κ3) is 3.79. The predicted molar refractivity (Wildman–Crippen MR) is 104 cm³/mol. The van der Waals surface area contributed by atoms with E-state index in [0.29, 0.717) is 16.5 Å². The maximum absolute atomic E-state index is 12.2. The SMILES string of the molecule is COc1ccc(-c2ccc(=O)n(Cc3nc(-c4cccc(Cl)c4)no3)n2)cc1. The number of methoxy groups -OCH3 is 1. The lowest BCUT2D eigenvalue weighted by Crippen LogP contribution is -2.23. The molecular formula is C20H15ClN4O3. The van der Waals surface area contributed by atoms with E-state index >= 15 is 0 Å². The standard InChI is InChI=1S/C20H15ClN4O3/c1-27-16-7-5-13(6-8-16)17-9-10-19(26)25(23-17)12-18-22-20(24-28-18)14-3-2-4-15(21)11-14/h2-11H,12H2,1H3. The van der Waals surface area contributed by atoms with Crippen molar-refractivity contribution in [3.05, 3.63) is 81.9 Å². The molecule has 0 aliphatic rings. The molecular weight excluding hydrogens is 380 g/mol. The van der Waals surface area contributed by atoms with Crippen LogP contribution in [0.2, 0.25) is 5.02 Å². The Kier molecular flexibility index (Phi) is 4.90. The monoisotopic (exact) mass is 394 g/mol. The van der Waals surface area contributed by atoms with Gasteiger partial charge in [0.05, 0.1) is 12.8 Å². The molecule has 2 aromatic heterocycles. The van der Waals surface area contributed by atoms with Crippen molar-refractivity contribution in [3.8, 4) is 28.4 Å². The quantitative estimate of drug-likeness (QED) is 0.513. The molecule has 140 valence electrons. The summed E-state index contributed by atoms with van der Waals surface area (Å²) in [5, 5.41) is 8.93. The fourth-order valence-electron chi connectivity index (χ4n) is 2.67. The Morgan fingerprint density at radius 2 is 1.89 bits per heavy atom. The van der Waals surface area contributed by atoms with Gasteiger partial charge in [0.15, 0.2) is 0 Å². The Bertz CT molecular complexity index is 1170. The van der Waals surface area contributed by atoms with Crippen molar-refractivity contribution in [1.29, 1.82) is 0 Å². The Morgan fingerprint density at radius 3 is 2.64 bits per heavy atom. The second kappa shape index (κ2) is 7.66. The smallest absolute Gasteiger partial charge is 0.267 e. The zero-order valence-electron chi connectivity index (χ0n) is 14.9. The van der Waals surface area contributed by atoms with Gasteiger partial charge in [-0.2, -0.15) is 10.1 Å². The first-order valence-electron chi connectivity index (χ1n) is 8.43. The lowest BCUT2D eigenvalue weighted by molar-refractivity contribution is 0.363. The van der Waals surface area contributed by atoms with E-state index in [9.17, 15) is 4.79 Å². The van der Waals surface area contributed by atoms with Crippen LogP contribution in [0.3, 0.4) is 0 Å². The van der Waals surface area contributed by atoms with Crippen LogP contribution in [0.5, 0.6) is 5.75 Å². The summed E-state index contributed by atoms with van der Waals surface area (Å²) in [4.78, 5) is 16.5. The summed E-state index contributed by atoms with van der Waals surface area (Å²) < 4.78 is 11.7. The van der Waals surface area contributed by atoms with E-state index in [0.717, 1.165) is 16.9 Å². The van der Waals surface area contributed by atoms with Crippen LogP contribution in [0, 0.1) is 0 Å². The summed E-state index contributed by atoms with van der Waals surface area (Å²) in [5.74, 6) is 1.42. The van der Waals surface area contributed by atoms with E-state index in [1.54, 1.807) is 31.4 Å². The van der Waals surface area contributed by atoms with E-state index in [1.165, 1.54) is 10.7 Å². The average molecular weight is 395 g/mol. The molecule has 0 saturated carbocycles. The summed E-state index contributed by atoms with van der Waals surface area (Å²) in [5.41, 5.74) is 1.98. The lowest BCUT2D eigenvalue weighted by Gasteiger charge is -2.06. The molecule has 7 nitrogen and oxygen atoms in total. The Hall–Kier alpha value is -3.45. The maximum Gasteiger partial charge on any atom is 0.267 e. The number of benzene rings is 2. The molecule has 2 heterocycles. The third-order valence-electron chi connectivity index (χ3n) is 4.09. The molecule has 0 aliphatic carbocycles. The van der Waals surface area contributed by atoms with Crippen LogP contribution < -0.4 is 10.3 Å². The van der Waals surface area contributed by atoms with Gasteiger partial charge in [-0.15, -0.1) is 0 Å². The van der Waals surface area contributed by atoms with Crippen molar-refractivity contribution < 1.29 is 9.26 Å². The molecule has 0 bridgehead atoms. The van der Waals surface area contributed by atoms with Gasteiger partial charge in [0, 0.05) is 22.2 Å². The van der Waals surface area contributed by atoms with Crippen LogP contribution in [-0.4, -0.2) is 27.0 Å². The highest BCUT2D eigenvalue weighted by Gasteiger charge is 2.12. The van der Waals surface area contributed by atoms with Gasteiger partial charge in [0.25, 0.3) is 5.56 Å². The Balaban J connectivity index is 1.60. The number of ether oxygens (including phenoxy) is 1. The zero-order valence-corrected chi connectivity index (χ0v) is 15.6. The zero-order chi connectivity index (χ0) is 19.5. The average Bonchev–Trinajstić information content (AvgIpc) is 3.18. The summed E-state index contributed by atoms with van der Waals surface area (Å²) >= 11 is 6.00. The van der Waals surface area contributed by atoms with Gasteiger partial charge in [-0.1, -0.05) is 28.9 Å². The first kappa shape index (κ1) is 17.9. The number of hydrogen-bond donors (Lipinski definition) is 0. The van der Waals surface area contributed by atoms with E-state index < -0.39 is 0 Å². The molecule has 0 radical (unpaired) electrons. The van der Waals surface area contributed by atoms with Crippen molar-refractivity contribution in [2.75, 3.05) is 7.11 Å². The summed E-state index contributed by atoms with van der Waals surface area (Å²) in [6.07, 6.45) is 0. The van der Waals surface area contributed by atoms with E-state index in [1.807, 2.05) is 30.3 Å². The van der Waals surface area contributed by atoms with Crippen LogP contribution in [0.15, 0.2) is 70.0 Å². The summed E-state index contributed by atoms with van der Waals surface area (Å²) in [6, 6.07) is 17.7. The Labute approximate surface area is 165 Å². The molecule has 0 N–H and O–H groups in total.